The lowest BCUT2D eigenvalue weighted by Gasteiger charge is -2.30. The van der Waals surface area contributed by atoms with Crippen LogP contribution in [0.3, 0.4) is 0 Å². The highest BCUT2D eigenvalue weighted by atomic mass is 35.5. The zero-order chi connectivity index (χ0) is 21.7. The average Bonchev–Trinajstić information content (AvgIpc) is 3.22. The Morgan fingerprint density at radius 3 is 2.33 bits per heavy atom. The number of nitrogens with zero attached hydrogens (tertiary/aromatic N) is 1. The predicted octanol–water partition coefficient (Wildman–Crippen LogP) is 5.15. The smallest absolute Gasteiger partial charge is 0.242 e. The molecule has 0 radical (unpaired) electrons. The number of benzene rings is 2. The average molecular weight is 451 g/mol. The van der Waals surface area contributed by atoms with Gasteiger partial charge in [0.2, 0.25) is 11.8 Å². The van der Waals surface area contributed by atoms with Crippen LogP contribution in [0.5, 0.6) is 0 Å². The van der Waals surface area contributed by atoms with E-state index in [0.717, 1.165) is 31.2 Å². The second-order valence-electron chi connectivity index (χ2n) is 7.74. The van der Waals surface area contributed by atoms with Crippen LogP contribution in [0.2, 0.25) is 10.0 Å². The minimum absolute atomic E-state index is 0.0825. The van der Waals surface area contributed by atoms with Gasteiger partial charge in [0.15, 0.2) is 0 Å². The Bertz CT molecular complexity index is 899. The first-order chi connectivity index (χ1) is 14.3. The topological polar surface area (TPSA) is 49.4 Å². The fraction of sp³-hybridized carbons (Fsp3) is 0.391. The minimum atomic E-state index is -0.661. The van der Waals surface area contributed by atoms with E-state index in [1.54, 1.807) is 37.3 Å². The maximum atomic E-state index is 13.3. The molecule has 0 heterocycles. The molecule has 1 atom stereocenters. The summed E-state index contributed by atoms with van der Waals surface area (Å²) in [6.45, 7) is 1.93. The lowest BCUT2D eigenvalue weighted by atomic mass is 10.1. The van der Waals surface area contributed by atoms with Crippen LogP contribution in [-0.2, 0) is 22.6 Å². The van der Waals surface area contributed by atoms with Gasteiger partial charge in [-0.3, -0.25) is 9.59 Å². The summed E-state index contributed by atoms with van der Waals surface area (Å²) in [7, 11) is 0. The van der Waals surface area contributed by atoms with Crippen LogP contribution < -0.4 is 5.32 Å². The van der Waals surface area contributed by atoms with Crippen molar-refractivity contribution in [1.82, 2.24) is 10.2 Å². The maximum Gasteiger partial charge on any atom is 0.242 e. The molecule has 1 aliphatic carbocycles. The van der Waals surface area contributed by atoms with Crippen molar-refractivity contribution in [3.05, 3.63) is 69.5 Å². The number of rotatable bonds is 7. The SMILES string of the molecule is CC(C(=O)NC1CCCC1)N(Cc1ccc(F)cc1)C(=O)Cc1ccc(Cl)c(Cl)c1. The van der Waals surface area contributed by atoms with Crippen LogP contribution in [0.25, 0.3) is 0 Å². The van der Waals surface area contributed by atoms with Gasteiger partial charge in [0.1, 0.15) is 11.9 Å². The number of hydrogen-bond acceptors (Lipinski definition) is 2. The summed E-state index contributed by atoms with van der Waals surface area (Å²) in [5.41, 5.74) is 1.46. The highest BCUT2D eigenvalue weighted by Gasteiger charge is 2.28. The molecule has 3 rings (SSSR count). The lowest BCUT2D eigenvalue weighted by Crippen LogP contribution is -2.50. The Labute approximate surface area is 186 Å². The standard InChI is InChI=1S/C23H25Cl2FN2O2/c1-15(23(30)27-19-4-2-3-5-19)28(14-16-6-9-18(26)10-7-16)22(29)13-17-8-11-20(24)21(25)12-17/h6-12,15,19H,2-5,13-14H2,1H3,(H,27,30). The van der Waals surface area contributed by atoms with E-state index < -0.39 is 6.04 Å². The third kappa shape index (κ3) is 5.96. The maximum absolute atomic E-state index is 13.3. The van der Waals surface area contributed by atoms with E-state index in [2.05, 4.69) is 5.32 Å². The number of amides is 2. The van der Waals surface area contributed by atoms with Crippen molar-refractivity contribution in [2.24, 2.45) is 0 Å². The van der Waals surface area contributed by atoms with Crippen molar-refractivity contribution in [3.8, 4) is 0 Å². The monoisotopic (exact) mass is 450 g/mol. The van der Waals surface area contributed by atoms with Crippen LogP contribution in [0.4, 0.5) is 4.39 Å². The summed E-state index contributed by atoms with van der Waals surface area (Å²) in [5.74, 6) is -0.738. The van der Waals surface area contributed by atoms with Crippen molar-refractivity contribution in [2.45, 2.75) is 57.7 Å². The summed E-state index contributed by atoms with van der Waals surface area (Å²) in [6.07, 6.45) is 4.23. The Morgan fingerprint density at radius 1 is 1.07 bits per heavy atom. The molecule has 1 aliphatic rings. The van der Waals surface area contributed by atoms with Gasteiger partial charge in [0.05, 0.1) is 16.5 Å². The molecule has 0 spiro atoms. The Kier molecular flexibility index (Phi) is 7.73. The van der Waals surface area contributed by atoms with E-state index in [9.17, 15) is 14.0 Å². The van der Waals surface area contributed by atoms with Crippen molar-refractivity contribution in [1.29, 1.82) is 0 Å². The van der Waals surface area contributed by atoms with E-state index in [0.29, 0.717) is 15.6 Å². The Morgan fingerprint density at radius 2 is 1.70 bits per heavy atom. The number of halogens is 3. The third-order valence-corrected chi connectivity index (χ3v) is 6.21. The van der Waals surface area contributed by atoms with Crippen molar-refractivity contribution < 1.29 is 14.0 Å². The number of nitrogens with one attached hydrogen (secondary N) is 1. The first-order valence-electron chi connectivity index (χ1n) is 10.1. The Hall–Kier alpha value is -2.11. The molecule has 2 amide bonds. The fourth-order valence-corrected chi connectivity index (χ4v) is 4.01. The fourth-order valence-electron chi connectivity index (χ4n) is 3.69. The molecule has 0 saturated heterocycles. The molecule has 0 bridgehead atoms. The quantitative estimate of drug-likeness (QED) is 0.633. The van der Waals surface area contributed by atoms with Crippen LogP contribution in [-0.4, -0.2) is 28.8 Å². The molecule has 1 saturated carbocycles. The van der Waals surface area contributed by atoms with Gasteiger partial charge >= 0.3 is 0 Å². The van der Waals surface area contributed by atoms with E-state index in [4.69, 9.17) is 23.2 Å². The van der Waals surface area contributed by atoms with Gasteiger partial charge in [-0.15, -0.1) is 0 Å². The second-order valence-corrected chi connectivity index (χ2v) is 8.55. The number of carbonyl (C=O) groups excluding carboxylic acids is 2. The van der Waals surface area contributed by atoms with Crippen LogP contribution in [0.15, 0.2) is 42.5 Å². The van der Waals surface area contributed by atoms with Crippen molar-refractivity contribution in [2.75, 3.05) is 0 Å². The van der Waals surface area contributed by atoms with Crippen molar-refractivity contribution in [3.63, 3.8) is 0 Å². The lowest BCUT2D eigenvalue weighted by molar-refractivity contribution is -0.140. The number of carbonyl (C=O) groups is 2. The van der Waals surface area contributed by atoms with Gasteiger partial charge in [-0.1, -0.05) is 54.2 Å². The summed E-state index contributed by atoms with van der Waals surface area (Å²) in [5, 5.41) is 3.85. The summed E-state index contributed by atoms with van der Waals surface area (Å²) < 4.78 is 13.3. The van der Waals surface area contributed by atoms with Crippen LogP contribution in [0, 0.1) is 5.82 Å². The molecule has 7 heteroatoms. The molecule has 1 N–H and O–H groups in total. The van der Waals surface area contributed by atoms with E-state index >= 15 is 0 Å². The number of hydrogen-bond donors (Lipinski definition) is 1. The largest absolute Gasteiger partial charge is 0.352 e. The molecule has 160 valence electrons. The minimum Gasteiger partial charge on any atom is -0.352 e. The summed E-state index contributed by atoms with van der Waals surface area (Å²) >= 11 is 12.0. The molecule has 1 unspecified atom stereocenters. The van der Waals surface area contributed by atoms with E-state index in [1.165, 1.54) is 17.0 Å². The first kappa shape index (κ1) is 22.6. The normalized spacial score (nSPS) is 15.1. The predicted molar refractivity (Wildman–Crippen MR) is 117 cm³/mol. The van der Waals surface area contributed by atoms with Gasteiger partial charge in [-0.25, -0.2) is 4.39 Å². The second kappa shape index (κ2) is 10.3. The van der Waals surface area contributed by atoms with Gasteiger partial charge in [-0.2, -0.15) is 0 Å². The zero-order valence-corrected chi connectivity index (χ0v) is 18.3. The summed E-state index contributed by atoms with van der Waals surface area (Å²) in [6, 6.07) is 10.5. The first-order valence-corrected chi connectivity index (χ1v) is 10.9. The van der Waals surface area contributed by atoms with Gasteiger partial charge in [0, 0.05) is 12.6 Å². The molecule has 2 aromatic rings. The molecule has 30 heavy (non-hydrogen) atoms. The molecular weight excluding hydrogens is 426 g/mol. The van der Waals surface area contributed by atoms with Gasteiger partial charge < -0.3 is 10.2 Å². The highest BCUT2D eigenvalue weighted by Crippen LogP contribution is 2.24. The van der Waals surface area contributed by atoms with E-state index in [1.807, 2.05) is 0 Å². The molecule has 0 aromatic heterocycles. The van der Waals surface area contributed by atoms with Gasteiger partial charge in [-0.05, 0) is 55.2 Å². The van der Waals surface area contributed by atoms with E-state index in [-0.39, 0.29) is 36.6 Å². The molecule has 2 aromatic carbocycles. The van der Waals surface area contributed by atoms with Gasteiger partial charge in [0.25, 0.3) is 0 Å². The van der Waals surface area contributed by atoms with Crippen LogP contribution >= 0.6 is 23.2 Å². The zero-order valence-electron chi connectivity index (χ0n) is 16.8. The molecule has 1 fully saturated rings. The third-order valence-electron chi connectivity index (χ3n) is 5.47. The summed E-state index contributed by atoms with van der Waals surface area (Å²) in [4.78, 5) is 27.5. The van der Waals surface area contributed by atoms with Crippen LogP contribution in [0.1, 0.15) is 43.7 Å². The molecular formula is C23H25Cl2FN2O2. The molecule has 4 nitrogen and oxygen atoms in total. The molecule has 0 aliphatic heterocycles. The van der Waals surface area contributed by atoms with Crippen molar-refractivity contribution >= 4 is 35.0 Å². The Balaban J connectivity index is 1.77. The highest BCUT2D eigenvalue weighted by molar-refractivity contribution is 6.42.